The van der Waals surface area contributed by atoms with Crippen LogP contribution in [0.4, 0.5) is 5.69 Å². The number of nitrogens with zero attached hydrogens (tertiary/aromatic N) is 4. The monoisotopic (exact) mass is 265 g/mol. The smallest absolute Gasteiger partial charge is 0.274 e. The molecule has 2 heterocycles. The van der Waals surface area contributed by atoms with Gasteiger partial charge in [0.2, 0.25) is 0 Å². The molecule has 0 saturated carbocycles. The Morgan fingerprint density at radius 3 is 2.26 bits per heavy atom. The second-order valence-electron chi connectivity index (χ2n) is 6.02. The molecule has 0 aliphatic carbocycles. The van der Waals surface area contributed by atoms with Crippen molar-refractivity contribution in [3.8, 4) is 0 Å². The van der Waals surface area contributed by atoms with Gasteiger partial charge in [0.05, 0.1) is 11.9 Å². The number of nitrogens with two attached hydrogens (primary N) is 1. The number of aromatic nitrogens is 2. The van der Waals surface area contributed by atoms with E-state index in [1.54, 1.807) is 11.7 Å². The van der Waals surface area contributed by atoms with Crippen LogP contribution in [0.3, 0.4) is 0 Å². The number of nitrogen functional groups attached to an aromatic ring is 1. The molecule has 1 amide bonds. The summed E-state index contributed by atoms with van der Waals surface area (Å²) in [4.78, 5) is 16.7. The quantitative estimate of drug-likeness (QED) is 0.805. The highest BCUT2D eigenvalue weighted by molar-refractivity contribution is 5.97. The van der Waals surface area contributed by atoms with Crippen molar-refractivity contribution in [1.29, 1.82) is 0 Å². The molecule has 6 nitrogen and oxygen atoms in total. The minimum absolute atomic E-state index is 0.0222. The number of anilines is 1. The highest BCUT2D eigenvalue weighted by Crippen LogP contribution is 2.18. The Hall–Kier alpha value is -1.56. The molecular formula is C13H23N5O. The summed E-state index contributed by atoms with van der Waals surface area (Å²) in [6.07, 6.45) is 1.53. The fourth-order valence-corrected chi connectivity index (χ4v) is 2.45. The van der Waals surface area contributed by atoms with E-state index >= 15 is 0 Å². The van der Waals surface area contributed by atoms with E-state index in [1.165, 1.54) is 6.20 Å². The topological polar surface area (TPSA) is 67.4 Å². The lowest BCUT2D eigenvalue weighted by Crippen LogP contribution is -2.54. The first kappa shape index (κ1) is 13.9. The zero-order chi connectivity index (χ0) is 14.2. The predicted octanol–water partition coefficient (Wildman–Crippen LogP) is 0.559. The first-order chi connectivity index (χ1) is 8.80. The molecule has 0 radical (unpaired) electrons. The summed E-state index contributed by atoms with van der Waals surface area (Å²) in [7, 11) is 1.75. The minimum Gasteiger partial charge on any atom is -0.396 e. The molecule has 1 aliphatic heterocycles. The van der Waals surface area contributed by atoms with Crippen LogP contribution in [0.15, 0.2) is 6.20 Å². The van der Waals surface area contributed by atoms with Gasteiger partial charge in [0.15, 0.2) is 0 Å². The number of hydrogen-bond donors (Lipinski definition) is 1. The Bertz CT molecular complexity index is 446. The average molecular weight is 265 g/mol. The molecule has 0 atom stereocenters. The van der Waals surface area contributed by atoms with Crippen LogP contribution in [-0.2, 0) is 7.05 Å². The number of piperazine rings is 1. The summed E-state index contributed by atoms with van der Waals surface area (Å²) in [6, 6.07) is 0. The van der Waals surface area contributed by atoms with Gasteiger partial charge in [-0.15, -0.1) is 0 Å². The Morgan fingerprint density at radius 2 is 1.84 bits per heavy atom. The summed E-state index contributed by atoms with van der Waals surface area (Å²) >= 11 is 0. The number of aryl methyl sites for hydroxylation is 1. The average Bonchev–Trinajstić information content (AvgIpc) is 2.67. The van der Waals surface area contributed by atoms with Gasteiger partial charge in [-0.3, -0.25) is 14.4 Å². The van der Waals surface area contributed by atoms with Crippen LogP contribution >= 0.6 is 0 Å². The van der Waals surface area contributed by atoms with Crippen LogP contribution in [0.2, 0.25) is 0 Å². The Kier molecular flexibility index (Phi) is 3.54. The van der Waals surface area contributed by atoms with Gasteiger partial charge < -0.3 is 10.6 Å². The summed E-state index contributed by atoms with van der Waals surface area (Å²) in [6.45, 7) is 9.86. The Balaban J connectivity index is 2.04. The van der Waals surface area contributed by atoms with Crippen molar-refractivity contribution < 1.29 is 4.79 Å². The van der Waals surface area contributed by atoms with Crippen LogP contribution in [-0.4, -0.2) is 57.2 Å². The largest absolute Gasteiger partial charge is 0.396 e. The molecular weight excluding hydrogens is 242 g/mol. The first-order valence-corrected chi connectivity index (χ1v) is 6.62. The maximum absolute atomic E-state index is 12.4. The van der Waals surface area contributed by atoms with Crippen LogP contribution < -0.4 is 5.73 Å². The van der Waals surface area contributed by atoms with Gasteiger partial charge in [-0.2, -0.15) is 5.10 Å². The third kappa shape index (κ3) is 2.73. The maximum Gasteiger partial charge on any atom is 0.274 e. The molecule has 0 spiro atoms. The second-order valence-corrected chi connectivity index (χ2v) is 6.02. The van der Waals surface area contributed by atoms with Crippen LogP contribution in [0.5, 0.6) is 0 Å². The minimum atomic E-state index is -0.0222. The molecule has 106 valence electrons. The third-order valence-electron chi connectivity index (χ3n) is 3.69. The van der Waals surface area contributed by atoms with Crippen LogP contribution in [0.1, 0.15) is 31.3 Å². The fraction of sp³-hybridized carbons (Fsp3) is 0.692. The molecule has 1 aromatic heterocycles. The van der Waals surface area contributed by atoms with E-state index in [0.717, 1.165) is 26.2 Å². The van der Waals surface area contributed by atoms with E-state index in [1.807, 2.05) is 4.90 Å². The SMILES string of the molecule is Cn1ncc(N)c1C(=O)N1CCN(C(C)(C)C)CC1. The zero-order valence-electron chi connectivity index (χ0n) is 12.2. The van der Waals surface area contributed by atoms with Gasteiger partial charge >= 0.3 is 0 Å². The van der Waals surface area contributed by atoms with Crippen molar-refractivity contribution in [3.63, 3.8) is 0 Å². The van der Waals surface area contributed by atoms with Gasteiger partial charge in [0.25, 0.3) is 5.91 Å². The highest BCUT2D eigenvalue weighted by atomic mass is 16.2. The second kappa shape index (κ2) is 4.85. The molecule has 2 N–H and O–H groups in total. The summed E-state index contributed by atoms with van der Waals surface area (Å²) < 4.78 is 1.55. The van der Waals surface area contributed by atoms with Gasteiger partial charge in [-0.25, -0.2) is 0 Å². The van der Waals surface area contributed by atoms with E-state index in [0.29, 0.717) is 11.4 Å². The number of rotatable bonds is 1. The van der Waals surface area contributed by atoms with Crippen molar-refractivity contribution in [3.05, 3.63) is 11.9 Å². The molecule has 2 rings (SSSR count). The molecule has 6 heteroatoms. The Morgan fingerprint density at radius 1 is 1.26 bits per heavy atom. The number of amides is 1. The van der Waals surface area contributed by atoms with Gasteiger partial charge in [-0.05, 0) is 20.8 Å². The van der Waals surface area contributed by atoms with Crippen LogP contribution in [0, 0.1) is 0 Å². The standard InChI is InChI=1S/C13H23N5O/c1-13(2,3)18-7-5-17(6-8-18)12(19)11-10(14)9-15-16(11)4/h9H,5-8,14H2,1-4H3. The molecule has 0 aromatic carbocycles. The fourth-order valence-electron chi connectivity index (χ4n) is 2.45. The summed E-state index contributed by atoms with van der Waals surface area (Å²) in [5, 5.41) is 4.02. The lowest BCUT2D eigenvalue weighted by molar-refractivity contribution is 0.0444. The molecule has 1 fully saturated rings. The van der Waals surface area contributed by atoms with Gasteiger partial charge in [-0.1, -0.05) is 0 Å². The van der Waals surface area contributed by atoms with E-state index in [-0.39, 0.29) is 11.4 Å². The van der Waals surface area contributed by atoms with Gasteiger partial charge in [0, 0.05) is 38.8 Å². The Labute approximate surface area is 114 Å². The van der Waals surface area contributed by atoms with Gasteiger partial charge in [0.1, 0.15) is 5.69 Å². The number of hydrogen-bond acceptors (Lipinski definition) is 4. The van der Waals surface area contributed by atoms with Crippen molar-refractivity contribution in [2.45, 2.75) is 26.3 Å². The van der Waals surface area contributed by atoms with Crippen molar-refractivity contribution in [1.82, 2.24) is 19.6 Å². The van der Waals surface area contributed by atoms with Crippen molar-refractivity contribution >= 4 is 11.6 Å². The summed E-state index contributed by atoms with van der Waals surface area (Å²) in [5.41, 5.74) is 6.90. The predicted molar refractivity (Wildman–Crippen MR) is 74.8 cm³/mol. The number of carbonyl (C=O) groups is 1. The van der Waals surface area contributed by atoms with Crippen LogP contribution in [0.25, 0.3) is 0 Å². The number of carbonyl (C=O) groups excluding carboxylic acids is 1. The van der Waals surface area contributed by atoms with E-state index in [4.69, 9.17) is 5.73 Å². The van der Waals surface area contributed by atoms with Crippen molar-refractivity contribution in [2.75, 3.05) is 31.9 Å². The van der Waals surface area contributed by atoms with E-state index in [9.17, 15) is 4.79 Å². The zero-order valence-corrected chi connectivity index (χ0v) is 12.2. The molecule has 0 unspecified atom stereocenters. The molecule has 1 saturated heterocycles. The molecule has 19 heavy (non-hydrogen) atoms. The molecule has 1 aromatic rings. The lowest BCUT2D eigenvalue weighted by Gasteiger charge is -2.42. The summed E-state index contributed by atoms with van der Waals surface area (Å²) in [5.74, 6) is -0.0222. The van der Waals surface area contributed by atoms with E-state index < -0.39 is 0 Å². The molecule has 0 bridgehead atoms. The van der Waals surface area contributed by atoms with E-state index in [2.05, 4.69) is 30.8 Å². The third-order valence-corrected chi connectivity index (χ3v) is 3.69. The molecule has 1 aliphatic rings. The normalized spacial score (nSPS) is 17.8. The maximum atomic E-state index is 12.4. The first-order valence-electron chi connectivity index (χ1n) is 6.62. The highest BCUT2D eigenvalue weighted by Gasteiger charge is 2.29. The lowest BCUT2D eigenvalue weighted by atomic mass is 10.0. The van der Waals surface area contributed by atoms with Crippen molar-refractivity contribution in [2.24, 2.45) is 7.05 Å².